The van der Waals surface area contributed by atoms with Crippen LogP contribution < -0.4 is 14.8 Å². The second kappa shape index (κ2) is 6.66. The normalized spacial score (nSPS) is 21.8. The molecule has 3 rings (SSSR count). The molecule has 0 bridgehead atoms. The first kappa shape index (κ1) is 14.0. The van der Waals surface area contributed by atoms with E-state index in [9.17, 15) is 0 Å². The number of ether oxygens (including phenoxy) is 3. The van der Waals surface area contributed by atoms with Crippen LogP contribution in [0.3, 0.4) is 0 Å². The molecule has 0 radical (unpaired) electrons. The van der Waals surface area contributed by atoms with Crippen LogP contribution in [-0.4, -0.2) is 32.5 Å². The first-order valence-corrected chi connectivity index (χ1v) is 7.61. The van der Waals surface area contributed by atoms with Gasteiger partial charge in [0.1, 0.15) is 13.2 Å². The van der Waals surface area contributed by atoms with Crippen molar-refractivity contribution in [1.82, 2.24) is 5.32 Å². The van der Waals surface area contributed by atoms with Gasteiger partial charge in [-0.15, -0.1) is 0 Å². The van der Waals surface area contributed by atoms with Crippen LogP contribution in [0.25, 0.3) is 0 Å². The molecule has 1 aromatic rings. The Morgan fingerprint density at radius 2 is 2.05 bits per heavy atom. The molecule has 2 heterocycles. The van der Waals surface area contributed by atoms with Gasteiger partial charge in [0.15, 0.2) is 11.5 Å². The number of nitrogens with one attached hydrogen (secondary N) is 1. The number of fused-ring (bicyclic) bond motifs is 1. The molecule has 5 heteroatoms. The minimum atomic E-state index is 0.344. The average molecular weight is 298 g/mol. The third-order valence-electron chi connectivity index (χ3n) is 3.63. The van der Waals surface area contributed by atoms with E-state index in [-0.39, 0.29) is 0 Å². The molecule has 0 aliphatic carbocycles. The van der Waals surface area contributed by atoms with Crippen molar-refractivity contribution in [2.75, 3.05) is 26.4 Å². The molecule has 1 saturated heterocycles. The summed E-state index contributed by atoms with van der Waals surface area (Å²) in [6, 6.07) is 3.93. The maximum Gasteiger partial charge on any atom is 0.179 e. The van der Waals surface area contributed by atoms with E-state index >= 15 is 0 Å². The van der Waals surface area contributed by atoms with Gasteiger partial charge in [-0.05, 0) is 37.0 Å². The summed E-state index contributed by atoms with van der Waals surface area (Å²) < 4.78 is 16.8. The standard InChI is InChI=1S/C15H20ClNO3/c16-13-7-11(8-14-15(13)20-6-5-19-14)9-17-10-12-3-1-2-4-18-12/h7-8,12,17H,1-6,9-10H2. The predicted octanol–water partition coefficient (Wildman–Crippen LogP) is 2.77. The molecule has 2 aliphatic heterocycles. The van der Waals surface area contributed by atoms with E-state index in [2.05, 4.69) is 5.32 Å². The van der Waals surface area contributed by atoms with E-state index in [0.29, 0.717) is 30.1 Å². The van der Waals surface area contributed by atoms with E-state index in [1.807, 2.05) is 12.1 Å². The zero-order chi connectivity index (χ0) is 13.8. The Bertz CT molecular complexity index is 461. The van der Waals surface area contributed by atoms with Gasteiger partial charge in [0.05, 0.1) is 11.1 Å². The topological polar surface area (TPSA) is 39.7 Å². The Labute approximate surface area is 124 Å². The van der Waals surface area contributed by atoms with Crippen molar-refractivity contribution in [2.24, 2.45) is 0 Å². The molecule has 1 aromatic carbocycles. The van der Waals surface area contributed by atoms with Gasteiger partial charge in [-0.2, -0.15) is 0 Å². The van der Waals surface area contributed by atoms with Gasteiger partial charge in [0, 0.05) is 19.7 Å². The van der Waals surface area contributed by atoms with Crippen LogP contribution in [0.4, 0.5) is 0 Å². The summed E-state index contributed by atoms with van der Waals surface area (Å²) in [6.07, 6.45) is 3.95. The Morgan fingerprint density at radius 3 is 2.90 bits per heavy atom. The molecule has 110 valence electrons. The fraction of sp³-hybridized carbons (Fsp3) is 0.600. The lowest BCUT2D eigenvalue weighted by Gasteiger charge is -2.23. The third kappa shape index (κ3) is 3.37. The molecular formula is C15H20ClNO3. The Morgan fingerprint density at radius 1 is 1.15 bits per heavy atom. The lowest BCUT2D eigenvalue weighted by Crippen LogP contribution is -2.31. The highest BCUT2D eigenvalue weighted by atomic mass is 35.5. The van der Waals surface area contributed by atoms with Crippen molar-refractivity contribution in [1.29, 1.82) is 0 Å². The van der Waals surface area contributed by atoms with Gasteiger partial charge in [0.25, 0.3) is 0 Å². The second-order valence-electron chi connectivity index (χ2n) is 5.22. The van der Waals surface area contributed by atoms with Crippen LogP contribution in [0.5, 0.6) is 11.5 Å². The molecule has 0 spiro atoms. The number of benzene rings is 1. The van der Waals surface area contributed by atoms with Gasteiger partial charge in [-0.25, -0.2) is 0 Å². The van der Waals surface area contributed by atoms with E-state index in [1.165, 1.54) is 12.8 Å². The van der Waals surface area contributed by atoms with Gasteiger partial charge < -0.3 is 19.5 Å². The van der Waals surface area contributed by atoms with Gasteiger partial charge in [-0.1, -0.05) is 11.6 Å². The number of rotatable bonds is 4. The molecular weight excluding hydrogens is 278 g/mol. The summed E-state index contributed by atoms with van der Waals surface area (Å²) >= 11 is 6.22. The van der Waals surface area contributed by atoms with Gasteiger partial charge in [0.2, 0.25) is 0 Å². The number of hydrogen-bond acceptors (Lipinski definition) is 4. The highest BCUT2D eigenvalue weighted by molar-refractivity contribution is 6.32. The highest BCUT2D eigenvalue weighted by Gasteiger charge is 2.17. The van der Waals surface area contributed by atoms with Crippen LogP contribution in [0.15, 0.2) is 12.1 Å². The average Bonchev–Trinajstić information content (AvgIpc) is 2.48. The van der Waals surface area contributed by atoms with Crippen LogP contribution in [0, 0.1) is 0 Å². The van der Waals surface area contributed by atoms with Crippen LogP contribution in [-0.2, 0) is 11.3 Å². The van der Waals surface area contributed by atoms with E-state index in [0.717, 1.165) is 37.4 Å². The molecule has 0 saturated carbocycles. The molecule has 1 N–H and O–H groups in total. The molecule has 1 unspecified atom stereocenters. The van der Waals surface area contributed by atoms with Crippen molar-refractivity contribution in [3.63, 3.8) is 0 Å². The summed E-state index contributed by atoms with van der Waals surface area (Å²) in [6.45, 7) is 3.67. The maximum atomic E-state index is 6.22. The summed E-state index contributed by atoms with van der Waals surface area (Å²) in [5.74, 6) is 1.41. The van der Waals surface area contributed by atoms with Crippen LogP contribution in [0.2, 0.25) is 5.02 Å². The van der Waals surface area contributed by atoms with E-state index in [4.69, 9.17) is 25.8 Å². The molecule has 2 aliphatic rings. The summed E-state index contributed by atoms with van der Waals surface area (Å²) in [5, 5.41) is 4.04. The molecule has 1 fully saturated rings. The van der Waals surface area contributed by atoms with E-state index < -0.39 is 0 Å². The SMILES string of the molecule is Clc1cc(CNCC2CCCCO2)cc2c1OCCO2. The molecule has 0 aromatic heterocycles. The lowest BCUT2D eigenvalue weighted by atomic mass is 10.1. The summed E-state index contributed by atoms with van der Waals surface area (Å²) in [5.41, 5.74) is 1.11. The van der Waals surface area contributed by atoms with Crippen molar-refractivity contribution in [2.45, 2.75) is 31.9 Å². The van der Waals surface area contributed by atoms with Crippen LogP contribution >= 0.6 is 11.6 Å². The second-order valence-corrected chi connectivity index (χ2v) is 5.63. The number of halogens is 1. The van der Waals surface area contributed by atoms with Crippen molar-refractivity contribution >= 4 is 11.6 Å². The quantitative estimate of drug-likeness (QED) is 0.928. The first-order chi connectivity index (χ1) is 9.83. The van der Waals surface area contributed by atoms with Crippen molar-refractivity contribution < 1.29 is 14.2 Å². The number of hydrogen-bond donors (Lipinski definition) is 1. The molecule has 1 atom stereocenters. The minimum Gasteiger partial charge on any atom is -0.486 e. The van der Waals surface area contributed by atoms with Gasteiger partial charge >= 0.3 is 0 Å². The highest BCUT2D eigenvalue weighted by Crippen LogP contribution is 2.38. The van der Waals surface area contributed by atoms with E-state index in [1.54, 1.807) is 0 Å². The van der Waals surface area contributed by atoms with Crippen LogP contribution in [0.1, 0.15) is 24.8 Å². The largest absolute Gasteiger partial charge is 0.486 e. The Kier molecular flexibility index (Phi) is 4.65. The first-order valence-electron chi connectivity index (χ1n) is 7.23. The fourth-order valence-electron chi connectivity index (χ4n) is 2.61. The zero-order valence-electron chi connectivity index (χ0n) is 11.5. The van der Waals surface area contributed by atoms with Gasteiger partial charge in [-0.3, -0.25) is 0 Å². The lowest BCUT2D eigenvalue weighted by molar-refractivity contribution is 0.0168. The zero-order valence-corrected chi connectivity index (χ0v) is 12.2. The fourth-order valence-corrected chi connectivity index (χ4v) is 2.90. The molecule has 20 heavy (non-hydrogen) atoms. The predicted molar refractivity (Wildman–Crippen MR) is 77.7 cm³/mol. The molecule has 4 nitrogen and oxygen atoms in total. The third-order valence-corrected chi connectivity index (χ3v) is 3.91. The minimum absolute atomic E-state index is 0.344. The maximum absolute atomic E-state index is 6.22. The summed E-state index contributed by atoms with van der Waals surface area (Å²) in [7, 11) is 0. The molecule has 0 amide bonds. The smallest absolute Gasteiger partial charge is 0.179 e. The Balaban J connectivity index is 1.56. The monoisotopic (exact) mass is 297 g/mol. The summed E-state index contributed by atoms with van der Waals surface area (Å²) in [4.78, 5) is 0. The Hall–Kier alpha value is -0.970. The van der Waals surface area contributed by atoms with Crippen molar-refractivity contribution in [3.05, 3.63) is 22.7 Å². The van der Waals surface area contributed by atoms with Crippen molar-refractivity contribution in [3.8, 4) is 11.5 Å².